The van der Waals surface area contributed by atoms with E-state index in [2.05, 4.69) is 20.6 Å². The van der Waals surface area contributed by atoms with Gasteiger partial charge >= 0.3 is 6.18 Å². The Morgan fingerprint density at radius 1 is 1.03 bits per heavy atom. The topological polar surface area (TPSA) is 88.4 Å². The zero-order valence-electron chi connectivity index (χ0n) is 18.1. The molecule has 0 radical (unpaired) electrons. The molecule has 7 nitrogen and oxygen atoms in total. The summed E-state index contributed by atoms with van der Waals surface area (Å²) >= 11 is 12.1. The van der Waals surface area contributed by atoms with E-state index in [1.807, 2.05) is 0 Å². The summed E-state index contributed by atoms with van der Waals surface area (Å²) in [5, 5.41) is 5.24. The van der Waals surface area contributed by atoms with Crippen LogP contribution in [0.3, 0.4) is 0 Å². The van der Waals surface area contributed by atoms with Crippen LogP contribution < -0.4 is 10.6 Å². The molecule has 13 heteroatoms. The number of nitrogens with one attached hydrogen (secondary N) is 2. The second kappa shape index (κ2) is 11.2. The third kappa shape index (κ3) is 5.89. The highest BCUT2D eigenvalue weighted by Crippen LogP contribution is 2.34. The molecular weight excluding hydrogens is 542 g/mol. The summed E-state index contributed by atoms with van der Waals surface area (Å²) in [6.07, 6.45) is -0.993. The fourth-order valence-electron chi connectivity index (χ4n) is 3.43. The van der Waals surface area contributed by atoms with Crippen molar-refractivity contribution in [2.75, 3.05) is 5.32 Å². The van der Waals surface area contributed by atoms with Crippen molar-refractivity contribution in [3.05, 3.63) is 93.6 Å². The van der Waals surface area contributed by atoms with E-state index >= 15 is 0 Å². The molecular formula is C23H17Cl3F3N5O2. The molecule has 0 saturated heterocycles. The first-order valence-corrected chi connectivity index (χ1v) is 10.9. The number of aromatic nitrogens is 3. The standard InChI is InChI=1S/C23H16Cl2F3N5O2.ClH/c24-14-5-1-6-15(25)19(14)22(35)31-16-7-3-9-33-17(20(23(26,27)28)32-21(16)33)10-18(34)30-12-13-4-2-8-29-11-13;/h1-9,11H,10,12H2,(H,30,34)(H,31,35);1H. The van der Waals surface area contributed by atoms with Crippen LogP contribution in [-0.4, -0.2) is 26.2 Å². The van der Waals surface area contributed by atoms with Crippen LogP contribution in [0.5, 0.6) is 0 Å². The maximum absolute atomic E-state index is 13.8. The molecule has 0 aliphatic heterocycles. The number of halogens is 6. The summed E-state index contributed by atoms with van der Waals surface area (Å²) in [6.45, 7) is 0.102. The average molecular weight is 559 g/mol. The molecule has 0 saturated carbocycles. The Hall–Kier alpha value is -3.34. The number of carbonyl (C=O) groups excluding carboxylic acids is 2. The van der Waals surface area contributed by atoms with Crippen molar-refractivity contribution < 1.29 is 22.8 Å². The second-order valence-corrected chi connectivity index (χ2v) is 8.20. The molecule has 3 heterocycles. The van der Waals surface area contributed by atoms with Crippen LogP contribution in [-0.2, 0) is 23.9 Å². The van der Waals surface area contributed by atoms with Crippen LogP contribution in [0.4, 0.5) is 18.9 Å². The zero-order valence-corrected chi connectivity index (χ0v) is 20.5. The minimum absolute atomic E-state index is 0. The van der Waals surface area contributed by atoms with E-state index in [0.717, 1.165) is 4.40 Å². The molecule has 4 rings (SSSR count). The van der Waals surface area contributed by atoms with Crippen molar-refractivity contribution in [2.24, 2.45) is 0 Å². The van der Waals surface area contributed by atoms with Crippen molar-refractivity contribution in [3.63, 3.8) is 0 Å². The Kier molecular flexibility index (Phi) is 8.44. The molecule has 0 unspecified atom stereocenters. The smallest absolute Gasteiger partial charge is 0.352 e. The van der Waals surface area contributed by atoms with Gasteiger partial charge in [-0.2, -0.15) is 13.2 Å². The molecule has 0 spiro atoms. The first-order valence-electron chi connectivity index (χ1n) is 10.1. The van der Waals surface area contributed by atoms with E-state index < -0.39 is 30.1 Å². The van der Waals surface area contributed by atoms with Gasteiger partial charge in [-0.15, -0.1) is 12.4 Å². The number of nitrogens with zero attached hydrogens (tertiary/aromatic N) is 3. The number of rotatable bonds is 6. The van der Waals surface area contributed by atoms with Gasteiger partial charge in [0.2, 0.25) is 5.91 Å². The van der Waals surface area contributed by atoms with E-state index in [9.17, 15) is 22.8 Å². The Bertz CT molecular complexity index is 1390. The van der Waals surface area contributed by atoms with Gasteiger partial charge in [0.05, 0.1) is 33.4 Å². The monoisotopic (exact) mass is 557 g/mol. The molecule has 0 aliphatic rings. The molecule has 3 aromatic heterocycles. The van der Waals surface area contributed by atoms with Crippen LogP contribution in [0, 0.1) is 0 Å². The molecule has 4 aromatic rings. The van der Waals surface area contributed by atoms with Crippen LogP contribution in [0.1, 0.15) is 27.3 Å². The van der Waals surface area contributed by atoms with Crippen molar-refractivity contribution in [2.45, 2.75) is 19.1 Å². The molecule has 1 aromatic carbocycles. The average Bonchev–Trinajstić information content (AvgIpc) is 3.18. The predicted octanol–water partition coefficient (Wildman–Crippen LogP) is 5.59. The van der Waals surface area contributed by atoms with Gasteiger partial charge in [-0.25, -0.2) is 4.98 Å². The second-order valence-electron chi connectivity index (χ2n) is 7.39. The van der Waals surface area contributed by atoms with Crippen LogP contribution >= 0.6 is 35.6 Å². The van der Waals surface area contributed by atoms with Gasteiger partial charge in [-0.1, -0.05) is 35.3 Å². The van der Waals surface area contributed by atoms with Gasteiger partial charge < -0.3 is 15.0 Å². The third-order valence-electron chi connectivity index (χ3n) is 5.00. The van der Waals surface area contributed by atoms with Gasteiger partial charge in [-0.3, -0.25) is 14.6 Å². The number of amides is 2. The largest absolute Gasteiger partial charge is 0.435 e. The fraction of sp³-hybridized carbons (Fsp3) is 0.130. The van der Waals surface area contributed by atoms with E-state index in [-0.39, 0.29) is 51.6 Å². The third-order valence-corrected chi connectivity index (χ3v) is 5.63. The molecule has 0 fully saturated rings. The van der Waals surface area contributed by atoms with Crippen LogP contribution in [0.2, 0.25) is 10.0 Å². The zero-order chi connectivity index (χ0) is 25.2. The van der Waals surface area contributed by atoms with Gasteiger partial charge in [0, 0.05) is 25.1 Å². The Morgan fingerprint density at radius 3 is 2.39 bits per heavy atom. The lowest BCUT2D eigenvalue weighted by Crippen LogP contribution is -2.26. The summed E-state index contributed by atoms with van der Waals surface area (Å²) in [6, 6.07) is 10.7. The maximum Gasteiger partial charge on any atom is 0.435 e. The lowest BCUT2D eigenvalue weighted by Gasteiger charge is -2.10. The highest BCUT2D eigenvalue weighted by molar-refractivity contribution is 6.40. The van der Waals surface area contributed by atoms with Crippen molar-refractivity contribution in [1.29, 1.82) is 0 Å². The number of imidazole rings is 1. The normalized spacial score (nSPS) is 11.1. The number of anilines is 1. The molecule has 2 N–H and O–H groups in total. The number of alkyl halides is 3. The maximum atomic E-state index is 13.8. The highest BCUT2D eigenvalue weighted by Gasteiger charge is 2.38. The first kappa shape index (κ1) is 27.3. The number of hydrogen-bond donors (Lipinski definition) is 2. The van der Waals surface area contributed by atoms with Gasteiger partial charge in [0.15, 0.2) is 11.3 Å². The predicted molar refractivity (Wildman–Crippen MR) is 132 cm³/mol. The van der Waals surface area contributed by atoms with Gasteiger partial charge in [0.25, 0.3) is 5.91 Å². The molecule has 36 heavy (non-hydrogen) atoms. The summed E-state index contributed by atoms with van der Waals surface area (Å²) in [7, 11) is 0. The van der Waals surface area contributed by atoms with Crippen LogP contribution in [0.25, 0.3) is 5.65 Å². The first-order chi connectivity index (χ1) is 16.6. The van der Waals surface area contributed by atoms with E-state index in [0.29, 0.717) is 5.56 Å². The van der Waals surface area contributed by atoms with E-state index in [1.165, 1.54) is 36.7 Å². The molecule has 0 bridgehead atoms. The summed E-state index contributed by atoms with van der Waals surface area (Å²) in [5.41, 5.74) is -1.14. The summed E-state index contributed by atoms with van der Waals surface area (Å²) < 4.78 is 42.6. The number of carbonyl (C=O) groups is 2. The summed E-state index contributed by atoms with van der Waals surface area (Å²) in [5.74, 6) is -1.36. The van der Waals surface area contributed by atoms with Crippen molar-refractivity contribution in [3.8, 4) is 0 Å². The minimum Gasteiger partial charge on any atom is -0.352 e. The molecule has 0 aliphatic carbocycles. The van der Waals surface area contributed by atoms with Crippen LogP contribution in [0.15, 0.2) is 61.1 Å². The number of benzene rings is 1. The molecule has 188 valence electrons. The molecule has 2 amide bonds. The van der Waals surface area contributed by atoms with Crippen molar-refractivity contribution in [1.82, 2.24) is 19.7 Å². The Morgan fingerprint density at radius 2 is 1.75 bits per heavy atom. The lowest BCUT2D eigenvalue weighted by molar-refractivity contribution is -0.141. The van der Waals surface area contributed by atoms with E-state index in [4.69, 9.17) is 23.2 Å². The van der Waals surface area contributed by atoms with Gasteiger partial charge in [0.1, 0.15) is 0 Å². The number of fused-ring (bicyclic) bond motifs is 1. The SMILES string of the molecule is Cl.O=C(Cc1c(C(F)(F)F)nc2c(NC(=O)c3c(Cl)cccc3Cl)cccn12)NCc1cccnc1. The Balaban J connectivity index is 0.00000361. The summed E-state index contributed by atoms with van der Waals surface area (Å²) in [4.78, 5) is 32.9. The van der Waals surface area contributed by atoms with Crippen molar-refractivity contribution >= 4 is 58.8 Å². The van der Waals surface area contributed by atoms with Gasteiger partial charge in [-0.05, 0) is 35.9 Å². The van der Waals surface area contributed by atoms with E-state index in [1.54, 1.807) is 24.4 Å². The lowest BCUT2D eigenvalue weighted by atomic mass is 10.2. The highest BCUT2D eigenvalue weighted by atomic mass is 35.5. The minimum atomic E-state index is -4.84. The fourth-order valence-corrected chi connectivity index (χ4v) is 4.00. The number of pyridine rings is 2. The molecule has 0 atom stereocenters. The number of hydrogen-bond acceptors (Lipinski definition) is 4. The quantitative estimate of drug-likeness (QED) is 0.323. The Labute approximate surface area is 219 Å².